The maximum atomic E-state index is 5.43. The van der Waals surface area contributed by atoms with Crippen LogP contribution in [0.3, 0.4) is 0 Å². The Balaban J connectivity index is 3.12. The molecule has 1 aromatic rings. The molecule has 0 aliphatic heterocycles. The molecule has 0 fully saturated rings. The van der Waals surface area contributed by atoms with Crippen LogP contribution in [-0.4, -0.2) is 9.97 Å². The highest BCUT2D eigenvalue weighted by Crippen LogP contribution is 2.23. The zero-order chi connectivity index (χ0) is 12.1. The molecule has 0 aromatic carbocycles. The van der Waals surface area contributed by atoms with Gasteiger partial charge in [0.2, 0.25) is 0 Å². The van der Waals surface area contributed by atoms with Crippen molar-refractivity contribution in [1.82, 2.24) is 9.97 Å². The Morgan fingerprint density at radius 3 is 2.31 bits per heavy atom. The van der Waals surface area contributed by atoms with Crippen molar-refractivity contribution >= 4 is 5.82 Å². The van der Waals surface area contributed by atoms with Crippen molar-refractivity contribution in [1.29, 1.82) is 0 Å². The molecular weight excluding hydrogens is 200 g/mol. The Morgan fingerprint density at radius 2 is 1.88 bits per heavy atom. The number of aromatic nitrogens is 2. The van der Waals surface area contributed by atoms with Crippen LogP contribution < -0.4 is 11.3 Å². The molecule has 3 N–H and O–H groups in total. The summed E-state index contributed by atoms with van der Waals surface area (Å²) in [4.78, 5) is 9.05. The fraction of sp³-hybridized carbons (Fsp3) is 0.667. The lowest BCUT2D eigenvalue weighted by atomic mass is 10.0. The first-order valence-corrected chi connectivity index (χ1v) is 5.97. The van der Waals surface area contributed by atoms with Gasteiger partial charge in [0, 0.05) is 17.7 Å². The van der Waals surface area contributed by atoms with Gasteiger partial charge in [0.15, 0.2) is 0 Å². The minimum absolute atomic E-state index is 0.392. The Labute approximate surface area is 97.7 Å². The van der Waals surface area contributed by atoms with E-state index in [0.717, 1.165) is 24.4 Å². The number of nitrogens with two attached hydrogens (primary N) is 1. The molecule has 0 bridgehead atoms. The van der Waals surface area contributed by atoms with Gasteiger partial charge in [0.1, 0.15) is 11.6 Å². The number of anilines is 1. The third-order valence-electron chi connectivity index (χ3n) is 2.85. The second-order valence-corrected chi connectivity index (χ2v) is 4.35. The molecular formula is C12H22N4. The first-order valence-electron chi connectivity index (χ1n) is 5.97. The summed E-state index contributed by atoms with van der Waals surface area (Å²) < 4.78 is 0. The molecule has 0 saturated carbocycles. The van der Waals surface area contributed by atoms with Crippen molar-refractivity contribution in [2.24, 2.45) is 5.84 Å². The summed E-state index contributed by atoms with van der Waals surface area (Å²) in [6, 6.07) is 1.91. The molecule has 0 aliphatic carbocycles. The summed E-state index contributed by atoms with van der Waals surface area (Å²) in [5, 5.41) is 0. The largest absolute Gasteiger partial charge is 0.308 e. The predicted molar refractivity (Wildman–Crippen MR) is 67.3 cm³/mol. The van der Waals surface area contributed by atoms with E-state index in [0.29, 0.717) is 17.7 Å². The lowest BCUT2D eigenvalue weighted by Gasteiger charge is -2.15. The van der Waals surface area contributed by atoms with E-state index >= 15 is 0 Å². The SMILES string of the molecule is CCC(CC)c1nc(NN)cc(C(C)C)n1. The van der Waals surface area contributed by atoms with E-state index in [2.05, 4.69) is 43.1 Å². The van der Waals surface area contributed by atoms with Gasteiger partial charge in [-0.05, 0) is 18.8 Å². The number of hydrogen-bond donors (Lipinski definition) is 2. The van der Waals surface area contributed by atoms with E-state index in [9.17, 15) is 0 Å². The highest BCUT2D eigenvalue weighted by Gasteiger charge is 2.13. The van der Waals surface area contributed by atoms with Crippen molar-refractivity contribution < 1.29 is 0 Å². The van der Waals surface area contributed by atoms with Crippen LogP contribution in [0.5, 0.6) is 0 Å². The molecule has 0 aliphatic rings. The average Bonchev–Trinajstić information content (AvgIpc) is 2.30. The van der Waals surface area contributed by atoms with Crippen LogP contribution in [0.1, 0.15) is 63.9 Å². The Hall–Kier alpha value is -1.16. The van der Waals surface area contributed by atoms with Crippen molar-refractivity contribution in [3.8, 4) is 0 Å². The maximum Gasteiger partial charge on any atom is 0.143 e. The Morgan fingerprint density at radius 1 is 1.25 bits per heavy atom. The number of rotatable bonds is 5. The van der Waals surface area contributed by atoms with Crippen LogP contribution in [0.25, 0.3) is 0 Å². The quantitative estimate of drug-likeness (QED) is 0.594. The predicted octanol–water partition coefficient (Wildman–Crippen LogP) is 2.79. The van der Waals surface area contributed by atoms with E-state index in [4.69, 9.17) is 5.84 Å². The summed E-state index contributed by atoms with van der Waals surface area (Å²) in [5.74, 6) is 7.86. The molecule has 0 atom stereocenters. The molecule has 1 rings (SSSR count). The molecule has 0 saturated heterocycles. The van der Waals surface area contributed by atoms with Crippen LogP contribution in [0.15, 0.2) is 6.07 Å². The van der Waals surface area contributed by atoms with E-state index in [1.807, 2.05) is 6.07 Å². The van der Waals surface area contributed by atoms with Crippen molar-refractivity contribution in [3.05, 3.63) is 17.6 Å². The van der Waals surface area contributed by atoms with Crippen molar-refractivity contribution in [2.45, 2.75) is 52.4 Å². The van der Waals surface area contributed by atoms with Gasteiger partial charge in [0.05, 0.1) is 0 Å². The van der Waals surface area contributed by atoms with Gasteiger partial charge in [-0.3, -0.25) is 0 Å². The van der Waals surface area contributed by atoms with E-state index in [-0.39, 0.29) is 0 Å². The normalized spacial score (nSPS) is 11.2. The Kier molecular flexibility index (Phi) is 4.68. The fourth-order valence-electron chi connectivity index (χ4n) is 1.69. The summed E-state index contributed by atoms with van der Waals surface area (Å²) in [6.45, 7) is 8.57. The smallest absolute Gasteiger partial charge is 0.143 e. The minimum Gasteiger partial charge on any atom is -0.308 e. The number of nitrogens with one attached hydrogen (secondary N) is 1. The number of nitrogens with zero attached hydrogens (tertiary/aromatic N) is 2. The van der Waals surface area contributed by atoms with Crippen LogP contribution in [0.4, 0.5) is 5.82 Å². The first kappa shape index (κ1) is 12.9. The standard InChI is InChI=1S/C12H22N4/c1-5-9(6-2)12-14-10(8(3)4)7-11(15-12)16-13/h7-9H,5-6,13H2,1-4H3,(H,14,15,16). The monoisotopic (exact) mass is 222 g/mol. The highest BCUT2D eigenvalue weighted by atomic mass is 15.3. The summed E-state index contributed by atoms with van der Waals surface area (Å²) in [7, 11) is 0. The number of hydrogen-bond acceptors (Lipinski definition) is 4. The molecule has 0 unspecified atom stereocenters. The first-order chi connectivity index (χ1) is 7.62. The van der Waals surface area contributed by atoms with E-state index in [1.165, 1.54) is 0 Å². The second kappa shape index (κ2) is 5.80. The molecule has 0 radical (unpaired) electrons. The van der Waals surface area contributed by atoms with Gasteiger partial charge in [-0.25, -0.2) is 15.8 Å². The second-order valence-electron chi connectivity index (χ2n) is 4.35. The molecule has 0 spiro atoms. The van der Waals surface area contributed by atoms with E-state index in [1.54, 1.807) is 0 Å². The van der Waals surface area contributed by atoms with Gasteiger partial charge in [-0.1, -0.05) is 27.7 Å². The molecule has 1 heterocycles. The summed E-state index contributed by atoms with van der Waals surface area (Å²) >= 11 is 0. The third kappa shape index (κ3) is 2.92. The van der Waals surface area contributed by atoms with Crippen molar-refractivity contribution in [3.63, 3.8) is 0 Å². The minimum atomic E-state index is 0.392. The van der Waals surface area contributed by atoms with Crippen LogP contribution >= 0.6 is 0 Å². The van der Waals surface area contributed by atoms with Crippen LogP contribution in [0, 0.1) is 0 Å². The average molecular weight is 222 g/mol. The molecule has 4 nitrogen and oxygen atoms in total. The van der Waals surface area contributed by atoms with Gasteiger partial charge >= 0.3 is 0 Å². The van der Waals surface area contributed by atoms with Crippen molar-refractivity contribution in [2.75, 3.05) is 5.43 Å². The summed E-state index contributed by atoms with van der Waals surface area (Å²) in [6.07, 6.45) is 2.12. The molecule has 90 valence electrons. The molecule has 16 heavy (non-hydrogen) atoms. The third-order valence-corrected chi connectivity index (χ3v) is 2.85. The zero-order valence-corrected chi connectivity index (χ0v) is 10.6. The lowest BCUT2D eigenvalue weighted by Crippen LogP contribution is -2.13. The number of nitrogen functional groups attached to an aromatic ring is 1. The van der Waals surface area contributed by atoms with Gasteiger partial charge in [0.25, 0.3) is 0 Å². The summed E-state index contributed by atoms with van der Waals surface area (Å²) in [5.41, 5.74) is 3.66. The van der Waals surface area contributed by atoms with Gasteiger partial charge < -0.3 is 5.43 Å². The zero-order valence-electron chi connectivity index (χ0n) is 10.6. The molecule has 0 amide bonds. The highest BCUT2D eigenvalue weighted by molar-refractivity contribution is 5.35. The molecule has 1 aromatic heterocycles. The number of hydrazine groups is 1. The van der Waals surface area contributed by atoms with Gasteiger partial charge in [-0.15, -0.1) is 0 Å². The van der Waals surface area contributed by atoms with E-state index < -0.39 is 0 Å². The maximum absolute atomic E-state index is 5.43. The lowest BCUT2D eigenvalue weighted by molar-refractivity contribution is 0.594. The van der Waals surface area contributed by atoms with Crippen LogP contribution in [-0.2, 0) is 0 Å². The van der Waals surface area contributed by atoms with Gasteiger partial charge in [-0.2, -0.15) is 0 Å². The van der Waals surface area contributed by atoms with Crippen LogP contribution in [0.2, 0.25) is 0 Å². The molecule has 4 heteroatoms. The Bertz CT molecular complexity index is 332. The topological polar surface area (TPSA) is 63.8 Å². The fourth-order valence-corrected chi connectivity index (χ4v) is 1.69.